The van der Waals surface area contributed by atoms with E-state index in [2.05, 4.69) is 26.7 Å². The Hall–Kier alpha value is -2.03. The first-order valence-electron chi connectivity index (χ1n) is 10.2. The van der Waals surface area contributed by atoms with E-state index in [0.29, 0.717) is 18.0 Å². The predicted octanol–water partition coefficient (Wildman–Crippen LogP) is 1.37. The number of sulfone groups is 1. The molecule has 1 aromatic carbocycles. The molecule has 0 aliphatic carbocycles. The monoisotopic (exact) mass is 415 g/mol. The van der Waals surface area contributed by atoms with Crippen molar-refractivity contribution in [1.82, 2.24) is 19.8 Å². The van der Waals surface area contributed by atoms with Crippen LogP contribution in [0.3, 0.4) is 0 Å². The van der Waals surface area contributed by atoms with Gasteiger partial charge in [0, 0.05) is 57.8 Å². The van der Waals surface area contributed by atoms with Gasteiger partial charge < -0.3 is 9.80 Å². The van der Waals surface area contributed by atoms with Gasteiger partial charge in [-0.25, -0.2) is 18.4 Å². The quantitative estimate of drug-likeness (QED) is 0.730. The zero-order chi connectivity index (χ0) is 20.4. The van der Waals surface area contributed by atoms with E-state index >= 15 is 0 Å². The number of hydrogen-bond acceptors (Lipinski definition) is 7. The molecule has 1 aromatic heterocycles. The number of nitrogens with zero attached hydrogens (tertiary/aromatic N) is 5. The SMILES string of the molecule is Cc1nc2c(c(N3CCN(C)CC3)n1)CN(CCS(=O)(=O)c1ccccc1)CC2. The maximum Gasteiger partial charge on any atom is 0.179 e. The lowest BCUT2D eigenvalue weighted by Crippen LogP contribution is -2.46. The van der Waals surface area contributed by atoms with Crippen LogP contribution in [0.25, 0.3) is 0 Å². The van der Waals surface area contributed by atoms with Gasteiger partial charge in [-0.05, 0) is 26.1 Å². The fourth-order valence-electron chi connectivity index (χ4n) is 4.04. The third-order valence-corrected chi connectivity index (χ3v) is 7.52. The van der Waals surface area contributed by atoms with Crippen molar-refractivity contribution in [2.24, 2.45) is 0 Å². The highest BCUT2D eigenvalue weighted by Crippen LogP contribution is 2.27. The van der Waals surface area contributed by atoms with Crippen molar-refractivity contribution in [2.75, 3.05) is 57.0 Å². The number of fused-ring (bicyclic) bond motifs is 1. The second-order valence-corrected chi connectivity index (χ2v) is 10.1. The summed E-state index contributed by atoms with van der Waals surface area (Å²) in [5.41, 5.74) is 2.29. The zero-order valence-corrected chi connectivity index (χ0v) is 18.0. The van der Waals surface area contributed by atoms with Crippen LogP contribution in [0.1, 0.15) is 17.1 Å². The molecular weight excluding hydrogens is 386 g/mol. The molecule has 7 nitrogen and oxygen atoms in total. The molecule has 8 heteroatoms. The van der Waals surface area contributed by atoms with Crippen LogP contribution in [-0.4, -0.2) is 80.3 Å². The van der Waals surface area contributed by atoms with E-state index in [9.17, 15) is 8.42 Å². The summed E-state index contributed by atoms with van der Waals surface area (Å²) in [7, 11) is -1.12. The average Bonchev–Trinajstić information content (AvgIpc) is 2.73. The van der Waals surface area contributed by atoms with Gasteiger partial charge in [-0.1, -0.05) is 18.2 Å². The summed E-state index contributed by atoms with van der Waals surface area (Å²) in [5, 5.41) is 0. The number of aromatic nitrogens is 2. The van der Waals surface area contributed by atoms with E-state index in [-0.39, 0.29) is 5.75 Å². The van der Waals surface area contributed by atoms with Crippen LogP contribution >= 0.6 is 0 Å². The molecule has 1 fully saturated rings. The van der Waals surface area contributed by atoms with E-state index in [1.54, 1.807) is 24.3 Å². The van der Waals surface area contributed by atoms with Crippen molar-refractivity contribution in [3.8, 4) is 0 Å². The Morgan fingerprint density at radius 1 is 1.00 bits per heavy atom. The van der Waals surface area contributed by atoms with Crippen LogP contribution in [0.15, 0.2) is 35.2 Å². The van der Waals surface area contributed by atoms with Gasteiger partial charge in [0.2, 0.25) is 0 Å². The Balaban J connectivity index is 1.49. The Kier molecular flexibility index (Phi) is 5.85. The van der Waals surface area contributed by atoms with Crippen LogP contribution in [0.2, 0.25) is 0 Å². The summed E-state index contributed by atoms with van der Waals surface area (Å²) in [6, 6.07) is 8.71. The fourth-order valence-corrected chi connectivity index (χ4v) is 5.34. The summed E-state index contributed by atoms with van der Waals surface area (Å²) >= 11 is 0. The van der Waals surface area contributed by atoms with Crippen molar-refractivity contribution in [3.05, 3.63) is 47.4 Å². The minimum absolute atomic E-state index is 0.128. The van der Waals surface area contributed by atoms with Crippen molar-refractivity contribution in [1.29, 1.82) is 0 Å². The van der Waals surface area contributed by atoms with E-state index in [1.165, 1.54) is 5.56 Å². The molecule has 29 heavy (non-hydrogen) atoms. The molecule has 1 saturated heterocycles. The topological polar surface area (TPSA) is 69.6 Å². The molecule has 0 spiro atoms. The van der Waals surface area contributed by atoms with Gasteiger partial charge in [0.25, 0.3) is 0 Å². The Morgan fingerprint density at radius 3 is 2.45 bits per heavy atom. The molecule has 4 rings (SSSR count). The van der Waals surface area contributed by atoms with Gasteiger partial charge >= 0.3 is 0 Å². The number of benzene rings is 1. The first-order chi connectivity index (χ1) is 13.9. The Bertz CT molecular complexity index is 957. The lowest BCUT2D eigenvalue weighted by Gasteiger charge is -2.37. The summed E-state index contributed by atoms with van der Waals surface area (Å²) in [4.78, 5) is 16.8. The van der Waals surface area contributed by atoms with Gasteiger partial charge in [0.1, 0.15) is 11.6 Å². The van der Waals surface area contributed by atoms with E-state index in [0.717, 1.165) is 56.5 Å². The number of anilines is 1. The van der Waals surface area contributed by atoms with Crippen LogP contribution in [0.5, 0.6) is 0 Å². The molecule has 0 unspecified atom stereocenters. The van der Waals surface area contributed by atoms with E-state index in [4.69, 9.17) is 4.98 Å². The van der Waals surface area contributed by atoms with E-state index in [1.807, 2.05) is 13.0 Å². The van der Waals surface area contributed by atoms with Gasteiger partial charge in [-0.2, -0.15) is 0 Å². The van der Waals surface area contributed by atoms with Gasteiger partial charge in [0.05, 0.1) is 16.3 Å². The average molecular weight is 416 g/mol. The van der Waals surface area contributed by atoms with Crippen molar-refractivity contribution < 1.29 is 8.42 Å². The highest BCUT2D eigenvalue weighted by atomic mass is 32.2. The molecule has 2 aromatic rings. The number of rotatable bonds is 5. The lowest BCUT2D eigenvalue weighted by molar-refractivity contribution is 0.264. The molecule has 0 radical (unpaired) electrons. The smallest absolute Gasteiger partial charge is 0.179 e. The molecule has 2 aliphatic heterocycles. The minimum atomic E-state index is -3.27. The van der Waals surface area contributed by atoms with Crippen molar-refractivity contribution >= 4 is 15.7 Å². The third-order valence-electron chi connectivity index (χ3n) is 5.81. The molecule has 2 aliphatic rings. The minimum Gasteiger partial charge on any atom is -0.354 e. The molecule has 0 N–H and O–H groups in total. The zero-order valence-electron chi connectivity index (χ0n) is 17.2. The molecule has 3 heterocycles. The first-order valence-corrected chi connectivity index (χ1v) is 11.9. The summed E-state index contributed by atoms with van der Waals surface area (Å²) in [6.07, 6.45) is 0.838. The molecular formula is C21H29N5O2S. The molecule has 0 amide bonds. The van der Waals surface area contributed by atoms with Gasteiger partial charge in [-0.15, -0.1) is 0 Å². The maximum absolute atomic E-state index is 12.6. The number of hydrogen-bond donors (Lipinski definition) is 0. The molecule has 0 atom stereocenters. The van der Waals surface area contributed by atoms with Crippen LogP contribution in [0.4, 0.5) is 5.82 Å². The summed E-state index contributed by atoms with van der Waals surface area (Å²) in [6.45, 7) is 7.99. The first kappa shape index (κ1) is 20.3. The van der Waals surface area contributed by atoms with Crippen LogP contribution in [-0.2, 0) is 22.8 Å². The van der Waals surface area contributed by atoms with Gasteiger partial charge in [-0.3, -0.25) is 4.90 Å². The summed E-state index contributed by atoms with van der Waals surface area (Å²) in [5.74, 6) is 1.98. The van der Waals surface area contributed by atoms with Crippen LogP contribution in [0, 0.1) is 6.92 Å². The molecule has 0 bridgehead atoms. The number of likely N-dealkylation sites (N-methyl/N-ethyl adjacent to an activating group) is 1. The second kappa shape index (κ2) is 8.38. The fraction of sp³-hybridized carbons (Fsp3) is 0.524. The Morgan fingerprint density at radius 2 is 1.72 bits per heavy atom. The third kappa shape index (κ3) is 4.60. The van der Waals surface area contributed by atoms with E-state index < -0.39 is 9.84 Å². The second-order valence-electron chi connectivity index (χ2n) is 7.97. The summed E-state index contributed by atoms with van der Waals surface area (Å²) < 4.78 is 25.3. The normalized spacial score (nSPS) is 18.6. The van der Waals surface area contributed by atoms with Crippen molar-refractivity contribution in [3.63, 3.8) is 0 Å². The molecule has 0 saturated carbocycles. The largest absolute Gasteiger partial charge is 0.354 e. The highest BCUT2D eigenvalue weighted by molar-refractivity contribution is 7.91. The number of piperazine rings is 1. The lowest BCUT2D eigenvalue weighted by atomic mass is 10.1. The number of aryl methyl sites for hydroxylation is 1. The Labute approximate surface area is 173 Å². The van der Waals surface area contributed by atoms with Crippen molar-refractivity contribution in [2.45, 2.75) is 24.8 Å². The maximum atomic E-state index is 12.6. The standard InChI is InChI=1S/C21H29N5O2S/c1-17-22-20-8-9-25(14-15-29(27,28)18-6-4-3-5-7-18)16-19(20)21(23-17)26-12-10-24(2)11-13-26/h3-7H,8-16H2,1-2H3. The van der Waals surface area contributed by atoms with Gasteiger partial charge in [0.15, 0.2) is 9.84 Å². The van der Waals surface area contributed by atoms with Crippen LogP contribution < -0.4 is 4.90 Å². The highest BCUT2D eigenvalue weighted by Gasteiger charge is 2.27. The predicted molar refractivity (Wildman–Crippen MR) is 114 cm³/mol. The molecule has 156 valence electrons.